The van der Waals surface area contributed by atoms with Gasteiger partial charge in [-0.15, -0.1) is 0 Å². The predicted octanol–water partition coefficient (Wildman–Crippen LogP) is 0.318. The molecule has 0 radical (unpaired) electrons. The monoisotopic (exact) mass is 180 g/mol. The van der Waals surface area contributed by atoms with Gasteiger partial charge in [-0.25, -0.2) is 4.98 Å². The first-order chi connectivity index (χ1) is 6.38. The van der Waals surface area contributed by atoms with E-state index in [4.69, 9.17) is 15.2 Å². The van der Waals surface area contributed by atoms with Crippen molar-refractivity contribution in [1.29, 1.82) is 0 Å². The highest BCUT2D eigenvalue weighted by molar-refractivity contribution is 5.20. The van der Waals surface area contributed by atoms with Crippen molar-refractivity contribution < 1.29 is 9.47 Å². The molecule has 13 heavy (non-hydrogen) atoms. The van der Waals surface area contributed by atoms with Crippen molar-refractivity contribution in [3.8, 4) is 5.88 Å². The zero-order valence-electron chi connectivity index (χ0n) is 7.27. The average molecular weight is 180 g/mol. The van der Waals surface area contributed by atoms with E-state index in [0.717, 1.165) is 5.56 Å². The molecule has 2 rings (SSSR count). The fourth-order valence-electron chi connectivity index (χ4n) is 1.09. The number of aromatic nitrogens is 1. The molecule has 1 fully saturated rings. The second-order valence-corrected chi connectivity index (χ2v) is 2.98. The van der Waals surface area contributed by atoms with E-state index in [0.29, 0.717) is 25.6 Å². The Kier molecular flexibility index (Phi) is 2.42. The molecule has 1 aromatic rings. The number of hydrogen-bond acceptors (Lipinski definition) is 4. The molecular formula is C9H12N2O2. The average Bonchev–Trinajstić information content (AvgIpc) is 2.12. The van der Waals surface area contributed by atoms with Crippen LogP contribution in [0.15, 0.2) is 18.3 Å². The molecule has 0 unspecified atom stereocenters. The maximum absolute atomic E-state index is 5.50. The summed E-state index contributed by atoms with van der Waals surface area (Å²) < 4.78 is 10.5. The number of nitrogens with zero attached hydrogens (tertiary/aromatic N) is 1. The number of rotatable bonds is 3. The van der Waals surface area contributed by atoms with E-state index in [2.05, 4.69) is 4.98 Å². The first-order valence-corrected chi connectivity index (χ1v) is 4.28. The molecule has 1 aromatic heterocycles. The van der Waals surface area contributed by atoms with Crippen LogP contribution in [0, 0.1) is 0 Å². The van der Waals surface area contributed by atoms with Crippen molar-refractivity contribution in [2.75, 3.05) is 13.2 Å². The van der Waals surface area contributed by atoms with Crippen molar-refractivity contribution in [1.82, 2.24) is 4.98 Å². The van der Waals surface area contributed by atoms with Gasteiger partial charge in [0.1, 0.15) is 6.10 Å². The van der Waals surface area contributed by atoms with Crippen molar-refractivity contribution in [3.05, 3.63) is 23.9 Å². The molecule has 0 saturated carbocycles. The Bertz CT molecular complexity index is 287. The molecule has 1 aliphatic rings. The molecule has 2 heterocycles. The smallest absolute Gasteiger partial charge is 0.213 e. The van der Waals surface area contributed by atoms with Crippen molar-refractivity contribution in [2.45, 2.75) is 12.6 Å². The summed E-state index contributed by atoms with van der Waals surface area (Å²) in [4.78, 5) is 4.08. The van der Waals surface area contributed by atoms with Crippen LogP contribution in [0.1, 0.15) is 5.56 Å². The third kappa shape index (κ3) is 1.96. The summed E-state index contributed by atoms with van der Waals surface area (Å²) in [6.45, 7) is 1.84. The molecule has 0 aromatic carbocycles. The Balaban J connectivity index is 2.01. The third-order valence-electron chi connectivity index (χ3n) is 1.93. The van der Waals surface area contributed by atoms with E-state index in [-0.39, 0.29) is 6.10 Å². The highest BCUT2D eigenvalue weighted by Gasteiger charge is 2.20. The molecule has 4 heteroatoms. The van der Waals surface area contributed by atoms with Gasteiger partial charge >= 0.3 is 0 Å². The number of ether oxygens (including phenoxy) is 2. The zero-order valence-corrected chi connectivity index (χ0v) is 7.27. The minimum Gasteiger partial charge on any atom is -0.469 e. The molecule has 70 valence electrons. The van der Waals surface area contributed by atoms with E-state index in [1.165, 1.54) is 0 Å². The van der Waals surface area contributed by atoms with Crippen molar-refractivity contribution in [3.63, 3.8) is 0 Å². The molecule has 0 amide bonds. The van der Waals surface area contributed by atoms with E-state index in [1.807, 2.05) is 12.1 Å². The fraction of sp³-hybridized carbons (Fsp3) is 0.444. The summed E-state index contributed by atoms with van der Waals surface area (Å²) in [5, 5.41) is 0. The predicted molar refractivity (Wildman–Crippen MR) is 47.4 cm³/mol. The van der Waals surface area contributed by atoms with Crippen LogP contribution in [0.5, 0.6) is 5.88 Å². The van der Waals surface area contributed by atoms with Gasteiger partial charge in [0, 0.05) is 18.8 Å². The number of nitrogens with two attached hydrogens (primary N) is 1. The standard InChI is InChI=1S/C9H12N2O2/c10-4-7-1-2-11-9(3-7)13-8-5-12-6-8/h1-3,8H,4-6,10H2. The minimum absolute atomic E-state index is 0.167. The lowest BCUT2D eigenvalue weighted by Crippen LogP contribution is -2.38. The lowest BCUT2D eigenvalue weighted by molar-refractivity contribution is -0.0813. The van der Waals surface area contributed by atoms with Gasteiger partial charge in [-0.2, -0.15) is 0 Å². The van der Waals surface area contributed by atoms with Gasteiger partial charge < -0.3 is 15.2 Å². The number of pyridine rings is 1. The quantitative estimate of drug-likeness (QED) is 0.727. The molecule has 0 bridgehead atoms. The Morgan fingerprint density at radius 1 is 1.62 bits per heavy atom. The summed E-state index contributed by atoms with van der Waals surface area (Å²) in [6.07, 6.45) is 1.87. The number of hydrogen-bond donors (Lipinski definition) is 1. The van der Waals surface area contributed by atoms with Gasteiger partial charge in [-0.05, 0) is 11.6 Å². The lowest BCUT2D eigenvalue weighted by atomic mass is 10.2. The van der Waals surface area contributed by atoms with E-state index in [1.54, 1.807) is 6.20 Å². The maximum Gasteiger partial charge on any atom is 0.213 e. The van der Waals surface area contributed by atoms with E-state index >= 15 is 0 Å². The van der Waals surface area contributed by atoms with Gasteiger partial charge in [-0.1, -0.05) is 0 Å². The second kappa shape index (κ2) is 3.72. The van der Waals surface area contributed by atoms with Gasteiger partial charge in [0.15, 0.2) is 0 Å². The van der Waals surface area contributed by atoms with Crippen LogP contribution < -0.4 is 10.5 Å². The lowest BCUT2D eigenvalue weighted by Gasteiger charge is -2.26. The highest BCUT2D eigenvalue weighted by Crippen LogP contribution is 2.14. The normalized spacial score (nSPS) is 16.7. The van der Waals surface area contributed by atoms with Gasteiger partial charge in [0.25, 0.3) is 0 Å². The van der Waals surface area contributed by atoms with Crippen LogP contribution in [0.3, 0.4) is 0 Å². The van der Waals surface area contributed by atoms with Crippen LogP contribution in [-0.2, 0) is 11.3 Å². The first-order valence-electron chi connectivity index (χ1n) is 4.28. The molecule has 0 spiro atoms. The molecule has 1 saturated heterocycles. The largest absolute Gasteiger partial charge is 0.469 e. The Morgan fingerprint density at radius 3 is 3.08 bits per heavy atom. The maximum atomic E-state index is 5.50. The molecule has 4 nitrogen and oxygen atoms in total. The Hall–Kier alpha value is -1.13. The molecule has 2 N–H and O–H groups in total. The summed E-state index contributed by atoms with van der Waals surface area (Å²) in [7, 11) is 0. The van der Waals surface area contributed by atoms with Crippen LogP contribution in [0.4, 0.5) is 0 Å². The third-order valence-corrected chi connectivity index (χ3v) is 1.93. The minimum atomic E-state index is 0.167. The summed E-state index contributed by atoms with van der Waals surface area (Å²) in [5.74, 6) is 0.635. The van der Waals surface area contributed by atoms with E-state index in [9.17, 15) is 0 Å². The van der Waals surface area contributed by atoms with Crippen LogP contribution in [0.25, 0.3) is 0 Å². The highest BCUT2D eigenvalue weighted by atomic mass is 16.6. The summed E-state index contributed by atoms with van der Waals surface area (Å²) in [5.41, 5.74) is 6.52. The van der Waals surface area contributed by atoms with Crippen LogP contribution in [0.2, 0.25) is 0 Å². The Morgan fingerprint density at radius 2 is 2.46 bits per heavy atom. The fourth-order valence-corrected chi connectivity index (χ4v) is 1.09. The first kappa shape index (κ1) is 8.47. The van der Waals surface area contributed by atoms with Gasteiger partial charge in [-0.3, -0.25) is 0 Å². The van der Waals surface area contributed by atoms with Crippen molar-refractivity contribution in [2.24, 2.45) is 5.73 Å². The summed E-state index contributed by atoms with van der Waals surface area (Å²) >= 11 is 0. The van der Waals surface area contributed by atoms with Gasteiger partial charge in [0.05, 0.1) is 13.2 Å². The summed E-state index contributed by atoms with van der Waals surface area (Å²) in [6, 6.07) is 3.74. The Labute approximate surface area is 76.7 Å². The SMILES string of the molecule is NCc1ccnc(OC2COC2)c1. The van der Waals surface area contributed by atoms with Crippen LogP contribution in [-0.4, -0.2) is 24.3 Å². The van der Waals surface area contributed by atoms with Gasteiger partial charge in [0.2, 0.25) is 5.88 Å². The van der Waals surface area contributed by atoms with Crippen molar-refractivity contribution >= 4 is 0 Å². The molecular weight excluding hydrogens is 168 g/mol. The second-order valence-electron chi connectivity index (χ2n) is 2.98. The topological polar surface area (TPSA) is 57.4 Å². The van der Waals surface area contributed by atoms with Crippen LogP contribution >= 0.6 is 0 Å². The molecule has 0 aliphatic carbocycles. The molecule has 0 atom stereocenters. The van der Waals surface area contributed by atoms with E-state index < -0.39 is 0 Å². The zero-order chi connectivity index (χ0) is 9.10. The molecule has 1 aliphatic heterocycles.